The summed E-state index contributed by atoms with van der Waals surface area (Å²) in [5.74, 6) is 0.657. The Labute approximate surface area is 121 Å². The standard InChI is InChI=1S/C14H14ClN3O2/c1-20-11-4-2-3-10(8-11)17-14(19)18-13-7-9(16)5-6-12(13)15/h2-8H,16H2,1H3,(H2,17,18,19). The minimum atomic E-state index is -0.411. The number of rotatable bonds is 3. The lowest BCUT2D eigenvalue weighted by atomic mass is 10.3. The first-order valence-electron chi connectivity index (χ1n) is 5.85. The Morgan fingerprint density at radius 3 is 2.75 bits per heavy atom. The third-order valence-corrected chi connectivity index (χ3v) is 2.90. The molecule has 0 aliphatic heterocycles. The number of urea groups is 1. The second-order valence-electron chi connectivity index (χ2n) is 4.05. The van der Waals surface area contributed by atoms with Gasteiger partial charge in [0, 0.05) is 17.4 Å². The van der Waals surface area contributed by atoms with Gasteiger partial charge in [0.2, 0.25) is 0 Å². The molecule has 0 spiro atoms. The highest BCUT2D eigenvalue weighted by molar-refractivity contribution is 6.34. The third-order valence-electron chi connectivity index (χ3n) is 2.57. The number of ether oxygens (including phenoxy) is 1. The normalized spacial score (nSPS) is 9.90. The lowest BCUT2D eigenvalue weighted by Gasteiger charge is -2.10. The molecule has 0 radical (unpaired) electrons. The Hall–Kier alpha value is -2.40. The van der Waals surface area contributed by atoms with Gasteiger partial charge in [-0.25, -0.2) is 4.79 Å². The highest BCUT2D eigenvalue weighted by atomic mass is 35.5. The van der Waals surface area contributed by atoms with Crippen LogP contribution >= 0.6 is 11.6 Å². The Balaban J connectivity index is 2.07. The van der Waals surface area contributed by atoms with Gasteiger partial charge in [-0.1, -0.05) is 17.7 Å². The van der Waals surface area contributed by atoms with Crippen LogP contribution in [0.3, 0.4) is 0 Å². The number of nitrogens with one attached hydrogen (secondary N) is 2. The van der Waals surface area contributed by atoms with Gasteiger partial charge < -0.3 is 21.1 Å². The largest absolute Gasteiger partial charge is 0.497 e. The van der Waals surface area contributed by atoms with Gasteiger partial charge in [0.25, 0.3) is 0 Å². The minimum Gasteiger partial charge on any atom is -0.497 e. The predicted octanol–water partition coefficient (Wildman–Crippen LogP) is 3.57. The van der Waals surface area contributed by atoms with Crippen LogP contribution in [-0.2, 0) is 0 Å². The van der Waals surface area contributed by atoms with Crippen molar-refractivity contribution in [2.45, 2.75) is 0 Å². The molecule has 2 aromatic rings. The molecule has 0 aliphatic carbocycles. The van der Waals surface area contributed by atoms with Crippen molar-refractivity contribution < 1.29 is 9.53 Å². The molecule has 0 aromatic heterocycles. The van der Waals surface area contributed by atoms with Gasteiger partial charge >= 0.3 is 6.03 Å². The van der Waals surface area contributed by atoms with E-state index in [1.54, 1.807) is 49.6 Å². The zero-order chi connectivity index (χ0) is 14.5. The van der Waals surface area contributed by atoms with Gasteiger partial charge in [-0.15, -0.1) is 0 Å². The van der Waals surface area contributed by atoms with Crippen LogP contribution in [0.4, 0.5) is 21.9 Å². The molecule has 0 bridgehead atoms. The molecular formula is C14H14ClN3O2. The number of nitrogen functional groups attached to an aromatic ring is 1. The fourth-order valence-electron chi connectivity index (χ4n) is 1.62. The molecule has 0 heterocycles. The van der Waals surface area contributed by atoms with Crippen LogP contribution in [-0.4, -0.2) is 13.1 Å². The molecule has 0 saturated heterocycles. The Kier molecular flexibility index (Phi) is 4.32. The maximum atomic E-state index is 11.9. The first kappa shape index (κ1) is 14.0. The summed E-state index contributed by atoms with van der Waals surface area (Å²) in [4.78, 5) is 11.9. The van der Waals surface area contributed by atoms with E-state index >= 15 is 0 Å². The Morgan fingerprint density at radius 1 is 1.20 bits per heavy atom. The van der Waals surface area contributed by atoms with E-state index in [1.165, 1.54) is 0 Å². The maximum absolute atomic E-state index is 11.9. The van der Waals surface area contributed by atoms with Crippen molar-refractivity contribution in [1.82, 2.24) is 0 Å². The first-order valence-corrected chi connectivity index (χ1v) is 6.23. The van der Waals surface area contributed by atoms with Gasteiger partial charge in [0.15, 0.2) is 0 Å². The van der Waals surface area contributed by atoms with Gasteiger partial charge in [-0.2, -0.15) is 0 Å². The van der Waals surface area contributed by atoms with E-state index in [-0.39, 0.29) is 0 Å². The topological polar surface area (TPSA) is 76.4 Å². The van der Waals surface area contributed by atoms with Crippen molar-refractivity contribution in [2.24, 2.45) is 0 Å². The lowest BCUT2D eigenvalue weighted by molar-refractivity contribution is 0.262. The summed E-state index contributed by atoms with van der Waals surface area (Å²) in [7, 11) is 1.56. The summed E-state index contributed by atoms with van der Waals surface area (Å²) in [6.07, 6.45) is 0. The monoisotopic (exact) mass is 291 g/mol. The highest BCUT2D eigenvalue weighted by Gasteiger charge is 2.07. The second kappa shape index (κ2) is 6.16. The van der Waals surface area contributed by atoms with Crippen LogP contribution in [0.25, 0.3) is 0 Å². The van der Waals surface area contributed by atoms with Crippen LogP contribution in [0.5, 0.6) is 5.75 Å². The molecule has 0 saturated carbocycles. The molecule has 0 atom stereocenters. The van der Waals surface area contributed by atoms with E-state index < -0.39 is 6.03 Å². The van der Waals surface area contributed by atoms with Gasteiger partial charge in [-0.3, -0.25) is 0 Å². The zero-order valence-electron chi connectivity index (χ0n) is 10.8. The third kappa shape index (κ3) is 3.55. The molecule has 6 heteroatoms. The zero-order valence-corrected chi connectivity index (χ0v) is 11.6. The number of benzene rings is 2. The highest BCUT2D eigenvalue weighted by Crippen LogP contribution is 2.24. The van der Waals surface area contributed by atoms with Crippen LogP contribution < -0.4 is 21.1 Å². The lowest BCUT2D eigenvalue weighted by Crippen LogP contribution is -2.19. The molecular weight excluding hydrogens is 278 g/mol. The van der Waals surface area contributed by atoms with Crippen LogP contribution in [0, 0.1) is 0 Å². The molecule has 4 N–H and O–H groups in total. The number of hydrogen-bond donors (Lipinski definition) is 3. The molecule has 0 fully saturated rings. The summed E-state index contributed by atoms with van der Waals surface area (Å²) in [5, 5.41) is 5.73. The van der Waals surface area contributed by atoms with E-state index in [0.29, 0.717) is 27.8 Å². The van der Waals surface area contributed by atoms with E-state index in [1.807, 2.05) is 0 Å². The smallest absolute Gasteiger partial charge is 0.323 e. The molecule has 20 heavy (non-hydrogen) atoms. The number of carbonyl (C=O) groups excluding carboxylic acids is 1. The average Bonchev–Trinajstić information content (AvgIpc) is 2.43. The number of anilines is 3. The van der Waals surface area contributed by atoms with Crippen molar-refractivity contribution >= 4 is 34.7 Å². The number of carbonyl (C=O) groups is 1. The van der Waals surface area contributed by atoms with Gasteiger partial charge in [0.05, 0.1) is 17.8 Å². The van der Waals surface area contributed by atoms with E-state index in [2.05, 4.69) is 10.6 Å². The summed E-state index contributed by atoms with van der Waals surface area (Å²) < 4.78 is 5.08. The van der Waals surface area contributed by atoms with Crippen molar-refractivity contribution in [3.63, 3.8) is 0 Å². The quantitative estimate of drug-likeness (QED) is 0.757. The summed E-state index contributed by atoms with van der Waals surface area (Å²) in [6, 6.07) is 11.5. The number of nitrogens with two attached hydrogens (primary N) is 1. The van der Waals surface area contributed by atoms with Crippen LogP contribution in [0.15, 0.2) is 42.5 Å². The van der Waals surface area contributed by atoms with Crippen LogP contribution in [0.1, 0.15) is 0 Å². The van der Waals surface area contributed by atoms with Crippen molar-refractivity contribution in [3.8, 4) is 5.75 Å². The van der Waals surface area contributed by atoms with E-state index in [0.717, 1.165) is 0 Å². The second-order valence-corrected chi connectivity index (χ2v) is 4.46. The summed E-state index contributed by atoms with van der Waals surface area (Å²) >= 11 is 5.97. The van der Waals surface area contributed by atoms with Crippen molar-refractivity contribution in [3.05, 3.63) is 47.5 Å². The molecule has 0 aliphatic rings. The van der Waals surface area contributed by atoms with E-state index in [4.69, 9.17) is 22.1 Å². The Morgan fingerprint density at radius 2 is 2.00 bits per heavy atom. The van der Waals surface area contributed by atoms with Crippen LogP contribution in [0.2, 0.25) is 5.02 Å². The molecule has 2 aromatic carbocycles. The molecule has 0 unspecified atom stereocenters. The molecule has 2 rings (SSSR count). The first-order chi connectivity index (χ1) is 9.58. The van der Waals surface area contributed by atoms with Gasteiger partial charge in [-0.05, 0) is 30.3 Å². The summed E-state index contributed by atoms with van der Waals surface area (Å²) in [6.45, 7) is 0. The number of hydrogen-bond acceptors (Lipinski definition) is 3. The fourth-order valence-corrected chi connectivity index (χ4v) is 1.79. The molecule has 2 amide bonds. The SMILES string of the molecule is COc1cccc(NC(=O)Nc2cc(N)ccc2Cl)c1. The Bertz CT molecular complexity index is 632. The minimum absolute atomic E-state index is 0.411. The maximum Gasteiger partial charge on any atom is 0.323 e. The predicted molar refractivity (Wildman–Crippen MR) is 81.5 cm³/mol. The van der Waals surface area contributed by atoms with E-state index in [9.17, 15) is 4.79 Å². The average molecular weight is 292 g/mol. The van der Waals surface area contributed by atoms with Gasteiger partial charge in [0.1, 0.15) is 5.75 Å². The molecule has 104 valence electrons. The number of amides is 2. The van der Waals surface area contributed by atoms with Crippen molar-refractivity contribution in [2.75, 3.05) is 23.5 Å². The number of halogens is 1. The summed E-state index contributed by atoms with van der Waals surface area (Å²) in [5.41, 5.74) is 7.23. The fraction of sp³-hybridized carbons (Fsp3) is 0.0714. The molecule has 5 nitrogen and oxygen atoms in total. The van der Waals surface area contributed by atoms with Crippen molar-refractivity contribution in [1.29, 1.82) is 0 Å². The number of methoxy groups -OCH3 is 1.